The molecule has 3 rings (SSSR count). The molecule has 1 aromatic rings. The predicted molar refractivity (Wildman–Crippen MR) is 94.1 cm³/mol. The van der Waals surface area contributed by atoms with Crippen LogP contribution in [0, 0.1) is 5.92 Å². The Labute approximate surface area is 153 Å². The molecular weight excluding hydrogens is 334 g/mol. The second-order valence-electron chi connectivity index (χ2n) is 7.09. The number of esters is 1. The largest absolute Gasteiger partial charge is 0.466 e. The Morgan fingerprint density at radius 2 is 1.92 bits per heavy atom. The first-order valence-corrected chi connectivity index (χ1v) is 9.15. The number of piperidine rings is 1. The number of benzene rings is 1. The van der Waals surface area contributed by atoms with Crippen LogP contribution >= 0.6 is 0 Å². The van der Waals surface area contributed by atoms with Crippen molar-refractivity contribution < 1.29 is 24.0 Å². The summed E-state index contributed by atoms with van der Waals surface area (Å²) < 4.78 is 5.08. The number of carbonyl (C=O) groups is 3. The fraction of sp³-hybridized carbons (Fsp3) is 0.526. The normalized spacial score (nSPS) is 28.8. The van der Waals surface area contributed by atoms with E-state index in [1.54, 1.807) is 13.8 Å². The maximum Gasteiger partial charge on any atom is 0.329 e. The van der Waals surface area contributed by atoms with E-state index in [9.17, 15) is 14.4 Å². The molecular formula is C19H26N3O4+. The SMILES string of the molecule is CCOC(=O)C1CC[NH+](CN2C(=O)N[C@](C)(c3ccccc3)C2=O)CC1. The maximum absolute atomic E-state index is 12.9. The molecule has 3 amide bonds. The second-order valence-corrected chi connectivity index (χ2v) is 7.09. The van der Waals surface area contributed by atoms with Gasteiger partial charge in [-0.15, -0.1) is 0 Å². The minimum atomic E-state index is -1.03. The van der Waals surface area contributed by atoms with Gasteiger partial charge in [0, 0.05) is 12.8 Å². The van der Waals surface area contributed by atoms with Gasteiger partial charge in [0.05, 0.1) is 25.6 Å². The molecule has 0 saturated carbocycles. The second kappa shape index (κ2) is 7.45. The van der Waals surface area contributed by atoms with Crippen LogP contribution in [0.5, 0.6) is 0 Å². The smallest absolute Gasteiger partial charge is 0.329 e. The zero-order chi connectivity index (χ0) is 18.7. The topological polar surface area (TPSA) is 80.2 Å². The van der Waals surface area contributed by atoms with E-state index >= 15 is 0 Å². The fourth-order valence-electron chi connectivity index (χ4n) is 3.71. The summed E-state index contributed by atoms with van der Waals surface area (Å²) in [5.41, 5.74) is -0.252. The Balaban J connectivity index is 1.62. The van der Waals surface area contributed by atoms with Crippen LogP contribution in [-0.2, 0) is 19.9 Å². The average molecular weight is 360 g/mol. The lowest BCUT2D eigenvalue weighted by atomic mass is 9.92. The van der Waals surface area contributed by atoms with E-state index in [2.05, 4.69) is 5.32 Å². The van der Waals surface area contributed by atoms with Crippen LogP contribution in [0.3, 0.4) is 0 Å². The molecule has 0 radical (unpaired) electrons. The number of imide groups is 1. The van der Waals surface area contributed by atoms with Crippen LogP contribution in [0.25, 0.3) is 0 Å². The van der Waals surface area contributed by atoms with E-state index in [0.717, 1.165) is 23.6 Å². The van der Waals surface area contributed by atoms with E-state index in [1.165, 1.54) is 4.90 Å². The third kappa shape index (κ3) is 3.44. The van der Waals surface area contributed by atoms with Crippen molar-refractivity contribution in [2.45, 2.75) is 32.2 Å². The Hall–Kier alpha value is -2.41. The molecule has 1 aromatic carbocycles. The molecule has 0 aromatic heterocycles. The van der Waals surface area contributed by atoms with Crippen molar-refractivity contribution >= 4 is 17.9 Å². The summed E-state index contributed by atoms with van der Waals surface area (Å²) >= 11 is 0. The molecule has 2 fully saturated rings. The minimum Gasteiger partial charge on any atom is -0.466 e. The first kappa shape index (κ1) is 18.4. The van der Waals surface area contributed by atoms with Crippen molar-refractivity contribution in [3.8, 4) is 0 Å². The molecule has 2 N–H and O–H groups in total. The van der Waals surface area contributed by atoms with Gasteiger partial charge in [-0.2, -0.15) is 0 Å². The van der Waals surface area contributed by atoms with Crippen LogP contribution in [0.15, 0.2) is 30.3 Å². The van der Waals surface area contributed by atoms with Crippen molar-refractivity contribution in [3.05, 3.63) is 35.9 Å². The number of nitrogens with zero attached hydrogens (tertiary/aromatic N) is 1. The van der Waals surface area contributed by atoms with Crippen LogP contribution < -0.4 is 10.2 Å². The van der Waals surface area contributed by atoms with Gasteiger partial charge in [0.2, 0.25) is 0 Å². The zero-order valence-electron chi connectivity index (χ0n) is 15.3. The Kier molecular flexibility index (Phi) is 5.27. The summed E-state index contributed by atoms with van der Waals surface area (Å²) in [5.74, 6) is -0.441. The van der Waals surface area contributed by atoms with Crippen LogP contribution in [0.1, 0.15) is 32.3 Å². The molecule has 2 saturated heterocycles. The number of urea groups is 1. The van der Waals surface area contributed by atoms with Crippen LogP contribution in [-0.4, -0.2) is 49.2 Å². The monoisotopic (exact) mass is 360 g/mol. The van der Waals surface area contributed by atoms with Gasteiger partial charge in [0.1, 0.15) is 5.54 Å². The van der Waals surface area contributed by atoms with Crippen molar-refractivity contribution in [1.29, 1.82) is 0 Å². The predicted octanol–water partition coefficient (Wildman–Crippen LogP) is 0.269. The number of hydrogen-bond acceptors (Lipinski definition) is 4. The summed E-state index contributed by atoms with van der Waals surface area (Å²) in [4.78, 5) is 39.6. The van der Waals surface area contributed by atoms with E-state index in [0.29, 0.717) is 26.1 Å². The molecule has 2 heterocycles. The number of nitrogens with one attached hydrogen (secondary N) is 2. The molecule has 2 aliphatic rings. The van der Waals surface area contributed by atoms with Crippen molar-refractivity contribution in [2.24, 2.45) is 5.92 Å². The number of rotatable bonds is 5. The Morgan fingerprint density at radius 3 is 2.54 bits per heavy atom. The van der Waals surface area contributed by atoms with E-state index in [4.69, 9.17) is 4.74 Å². The molecule has 26 heavy (non-hydrogen) atoms. The fourth-order valence-corrected chi connectivity index (χ4v) is 3.71. The summed E-state index contributed by atoms with van der Waals surface area (Å²) in [5, 5.41) is 2.83. The zero-order valence-corrected chi connectivity index (χ0v) is 15.3. The first-order chi connectivity index (χ1) is 12.5. The highest BCUT2D eigenvalue weighted by Crippen LogP contribution is 2.28. The van der Waals surface area contributed by atoms with Gasteiger partial charge in [-0.1, -0.05) is 30.3 Å². The highest BCUT2D eigenvalue weighted by Gasteiger charge is 2.50. The number of quaternary nitrogens is 1. The quantitative estimate of drug-likeness (QED) is 0.583. The molecule has 7 nitrogen and oxygen atoms in total. The third-order valence-electron chi connectivity index (χ3n) is 5.32. The molecule has 7 heteroatoms. The van der Waals surface area contributed by atoms with Crippen molar-refractivity contribution in [1.82, 2.24) is 10.2 Å². The lowest BCUT2D eigenvalue weighted by molar-refractivity contribution is -0.913. The van der Waals surface area contributed by atoms with E-state index in [1.807, 2.05) is 30.3 Å². The van der Waals surface area contributed by atoms with Gasteiger partial charge in [0.15, 0.2) is 6.67 Å². The molecule has 0 aliphatic carbocycles. The number of amides is 3. The number of carbonyl (C=O) groups excluding carboxylic acids is 3. The third-order valence-corrected chi connectivity index (χ3v) is 5.32. The van der Waals surface area contributed by atoms with Crippen molar-refractivity contribution in [3.63, 3.8) is 0 Å². The average Bonchev–Trinajstić information content (AvgIpc) is 2.87. The molecule has 0 bridgehead atoms. The number of likely N-dealkylation sites (tertiary alicyclic amines) is 1. The highest BCUT2D eigenvalue weighted by molar-refractivity contribution is 6.07. The summed E-state index contributed by atoms with van der Waals surface area (Å²) in [6, 6.07) is 8.92. The maximum atomic E-state index is 12.9. The van der Waals surface area contributed by atoms with Crippen molar-refractivity contribution in [2.75, 3.05) is 26.4 Å². The van der Waals surface area contributed by atoms with Gasteiger partial charge in [-0.3, -0.25) is 9.59 Å². The van der Waals surface area contributed by atoms with Crippen LogP contribution in [0.4, 0.5) is 4.79 Å². The minimum absolute atomic E-state index is 0.0728. The van der Waals surface area contributed by atoms with Gasteiger partial charge in [0.25, 0.3) is 5.91 Å². The van der Waals surface area contributed by atoms with Gasteiger partial charge < -0.3 is 15.0 Å². The van der Waals surface area contributed by atoms with E-state index < -0.39 is 5.54 Å². The lowest BCUT2D eigenvalue weighted by Gasteiger charge is -2.30. The molecule has 0 unspecified atom stereocenters. The standard InChI is InChI=1S/C19H25N3O4/c1-3-26-16(23)14-9-11-21(12-10-14)13-22-17(24)19(2,20-18(22)25)15-7-5-4-6-8-15/h4-8,14H,3,9-13H2,1-2H3,(H,20,25)/p+1/t19-/m1/s1. The number of hydrogen-bond donors (Lipinski definition) is 2. The van der Waals surface area contributed by atoms with E-state index in [-0.39, 0.29) is 23.8 Å². The number of ether oxygens (including phenoxy) is 1. The molecule has 0 spiro atoms. The first-order valence-electron chi connectivity index (χ1n) is 9.15. The Morgan fingerprint density at radius 1 is 1.27 bits per heavy atom. The summed E-state index contributed by atoms with van der Waals surface area (Å²) in [7, 11) is 0. The summed E-state index contributed by atoms with van der Waals surface area (Å²) in [6.45, 7) is 5.74. The van der Waals surface area contributed by atoms with Gasteiger partial charge >= 0.3 is 12.0 Å². The van der Waals surface area contributed by atoms with Gasteiger partial charge in [-0.05, 0) is 19.4 Å². The summed E-state index contributed by atoms with van der Waals surface area (Å²) in [6.07, 6.45) is 1.43. The molecule has 1 atom stereocenters. The lowest BCUT2D eigenvalue weighted by Crippen LogP contribution is -3.14. The molecule has 140 valence electrons. The van der Waals surface area contributed by atoms with Gasteiger partial charge in [-0.25, -0.2) is 9.69 Å². The highest BCUT2D eigenvalue weighted by atomic mass is 16.5. The van der Waals surface area contributed by atoms with Crippen LogP contribution in [0.2, 0.25) is 0 Å². The molecule has 2 aliphatic heterocycles. The Bertz CT molecular complexity index is 685.